The van der Waals surface area contributed by atoms with Crippen LogP contribution in [0.2, 0.25) is 0 Å². The number of halogens is 4. The van der Waals surface area contributed by atoms with Crippen LogP contribution in [0.5, 0.6) is 11.5 Å². The van der Waals surface area contributed by atoms with Gasteiger partial charge < -0.3 is 13.9 Å². The summed E-state index contributed by atoms with van der Waals surface area (Å²) in [6.07, 6.45) is 1.48. The van der Waals surface area contributed by atoms with Gasteiger partial charge in [-0.15, -0.1) is 0 Å². The number of ether oxygens (including phenoxy) is 2. The number of amides is 1. The number of nitrogens with one attached hydrogen (secondary N) is 1. The summed E-state index contributed by atoms with van der Waals surface area (Å²) in [5.74, 6) is 0.271. The number of methoxy groups -OCH3 is 1. The van der Waals surface area contributed by atoms with Crippen LogP contribution >= 0.6 is 54.5 Å². The van der Waals surface area contributed by atoms with Crippen molar-refractivity contribution < 1.29 is 23.1 Å². The summed E-state index contributed by atoms with van der Waals surface area (Å²) < 4.78 is 33.1. The smallest absolute Gasteiger partial charge is 0.307 e. The van der Waals surface area contributed by atoms with E-state index in [9.17, 15) is 9.18 Å². The van der Waals surface area contributed by atoms with E-state index in [1.54, 1.807) is 30.3 Å². The number of carbonyl (C=O) groups excluding carboxylic acids is 1. The molecule has 0 radical (unpaired) electrons. The second-order valence-corrected chi connectivity index (χ2v) is 9.96. The quantitative estimate of drug-likeness (QED) is 0.127. The molecule has 1 aromatic heterocycles. The van der Waals surface area contributed by atoms with E-state index in [0.29, 0.717) is 28.2 Å². The SMILES string of the molecule is COc1cc(/C=N\NC(=O)c2cc3cc(Br)cc(Br)c3o2)cc(I)c1OCc1ccccc1F. The fourth-order valence-corrected chi connectivity index (χ4v) is 5.25. The molecule has 0 aliphatic rings. The molecule has 0 spiro atoms. The molecule has 1 N–H and O–H groups in total. The Morgan fingerprint density at radius 1 is 1.21 bits per heavy atom. The lowest BCUT2D eigenvalue weighted by molar-refractivity contribution is 0.0929. The number of rotatable bonds is 7. The average Bonchev–Trinajstić information content (AvgIpc) is 3.23. The van der Waals surface area contributed by atoms with Crippen molar-refractivity contribution in [2.75, 3.05) is 7.11 Å². The predicted molar refractivity (Wildman–Crippen MR) is 143 cm³/mol. The van der Waals surface area contributed by atoms with E-state index < -0.39 is 5.91 Å². The summed E-state index contributed by atoms with van der Waals surface area (Å²) in [6.45, 7) is 0.0622. The van der Waals surface area contributed by atoms with Gasteiger partial charge in [-0.25, -0.2) is 9.82 Å². The molecular formula is C24H16Br2FIN2O4. The van der Waals surface area contributed by atoms with E-state index in [0.717, 1.165) is 17.9 Å². The van der Waals surface area contributed by atoms with Crippen molar-refractivity contribution in [3.8, 4) is 11.5 Å². The molecule has 0 aliphatic heterocycles. The number of hydrazone groups is 1. The average molecular weight is 702 g/mol. The van der Waals surface area contributed by atoms with Gasteiger partial charge in [0, 0.05) is 15.4 Å². The molecule has 1 amide bonds. The molecule has 0 saturated heterocycles. The number of benzene rings is 3. The third-order valence-electron chi connectivity index (χ3n) is 4.72. The molecule has 34 heavy (non-hydrogen) atoms. The Kier molecular flexibility index (Phi) is 7.89. The largest absolute Gasteiger partial charge is 0.493 e. The topological polar surface area (TPSA) is 73.1 Å². The number of hydrogen-bond donors (Lipinski definition) is 1. The highest BCUT2D eigenvalue weighted by atomic mass is 127. The number of fused-ring (bicyclic) bond motifs is 1. The maximum atomic E-state index is 13.9. The van der Waals surface area contributed by atoms with Gasteiger partial charge in [0.2, 0.25) is 0 Å². The maximum absolute atomic E-state index is 13.9. The Morgan fingerprint density at radius 3 is 2.76 bits per heavy atom. The summed E-state index contributed by atoms with van der Waals surface area (Å²) in [7, 11) is 1.52. The van der Waals surface area contributed by atoms with E-state index in [2.05, 4.69) is 65.0 Å². The minimum absolute atomic E-state index is 0.0622. The lowest BCUT2D eigenvalue weighted by atomic mass is 10.2. The molecule has 6 nitrogen and oxygen atoms in total. The zero-order valence-corrected chi connectivity index (χ0v) is 22.9. The van der Waals surface area contributed by atoms with Crippen LogP contribution in [0.3, 0.4) is 0 Å². The minimum Gasteiger partial charge on any atom is -0.493 e. The maximum Gasteiger partial charge on any atom is 0.307 e. The zero-order chi connectivity index (χ0) is 24.2. The summed E-state index contributed by atoms with van der Waals surface area (Å²) in [5.41, 5.74) is 4.15. The van der Waals surface area contributed by atoms with Gasteiger partial charge in [0.25, 0.3) is 0 Å². The normalized spacial score (nSPS) is 11.2. The van der Waals surface area contributed by atoms with Crippen LogP contribution in [-0.2, 0) is 6.61 Å². The summed E-state index contributed by atoms with van der Waals surface area (Å²) in [4.78, 5) is 12.5. The first-order chi connectivity index (χ1) is 16.4. The Balaban J connectivity index is 1.46. The summed E-state index contributed by atoms with van der Waals surface area (Å²) in [6, 6.07) is 15.3. The molecule has 4 aromatic rings. The second kappa shape index (κ2) is 10.9. The van der Waals surface area contributed by atoms with Gasteiger partial charge >= 0.3 is 5.91 Å². The molecule has 0 bridgehead atoms. The fourth-order valence-electron chi connectivity index (χ4n) is 3.13. The van der Waals surface area contributed by atoms with Crippen LogP contribution in [0, 0.1) is 9.39 Å². The number of nitrogens with zero attached hydrogens (tertiary/aromatic N) is 1. The fraction of sp³-hybridized carbons (Fsp3) is 0.0833. The van der Waals surface area contributed by atoms with Crippen molar-refractivity contribution in [2.45, 2.75) is 6.61 Å². The van der Waals surface area contributed by atoms with Crippen molar-refractivity contribution in [3.05, 3.63) is 89.8 Å². The van der Waals surface area contributed by atoms with Gasteiger partial charge in [-0.2, -0.15) is 5.10 Å². The third kappa shape index (κ3) is 5.61. The molecule has 0 saturated carbocycles. The first-order valence-electron chi connectivity index (χ1n) is 9.81. The van der Waals surface area contributed by atoms with Gasteiger partial charge in [0.15, 0.2) is 17.3 Å². The van der Waals surface area contributed by atoms with Crippen LogP contribution in [-0.4, -0.2) is 19.2 Å². The lowest BCUT2D eigenvalue weighted by Crippen LogP contribution is -2.16. The van der Waals surface area contributed by atoms with Gasteiger partial charge in [0.05, 0.1) is 21.4 Å². The van der Waals surface area contributed by atoms with Crippen molar-refractivity contribution in [1.82, 2.24) is 5.43 Å². The number of furan rings is 1. The van der Waals surface area contributed by atoms with E-state index in [1.807, 2.05) is 18.2 Å². The van der Waals surface area contributed by atoms with E-state index in [1.165, 1.54) is 19.4 Å². The van der Waals surface area contributed by atoms with Gasteiger partial charge in [-0.3, -0.25) is 4.79 Å². The third-order valence-corrected chi connectivity index (χ3v) is 6.57. The minimum atomic E-state index is -0.484. The Hall–Kier alpha value is -2.44. The van der Waals surface area contributed by atoms with E-state index in [4.69, 9.17) is 13.9 Å². The first kappa shape index (κ1) is 24.7. The van der Waals surface area contributed by atoms with Crippen LogP contribution < -0.4 is 14.9 Å². The Labute approximate surface area is 224 Å². The van der Waals surface area contributed by atoms with Crippen LogP contribution in [0.15, 0.2) is 73.1 Å². The van der Waals surface area contributed by atoms with Crippen LogP contribution in [0.4, 0.5) is 4.39 Å². The summed E-state index contributed by atoms with van der Waals surface area (Å²) in [5, 5.41) is 4.80. The molecular weight excluding hydrogens is 686 g/mol. The second-order valence-electron chi connectivity index (χ2n) is 7.03. The molecule has 0 aliphatic carbocycles. The zero-order valence-electron chi connectivity index (χ0n) is 17.6. The van der Waals surface area contributed by atoms with Crippen molar-refractivity contribution in [1.29, 1.82) is 0 Å². The van der Waals surface area contributed by atoms with Crippen LogP contribution in [0.25, 0.3) is 11.0 Å². The highest BCUT2D eigenvalue weighted by Crippen LogP contribution is 2.34. The molecule has 0 unspecified atom stereocenters. The molecule has 174 valence electrons. The number of hydrogen-bond acceptors (Lipinski definition) is 5. The van der Waals surface area contributed by atoms with Crippen molar-refractivity contribution in [3.63, 3.8) is 0 Å². The van der Waals surface area contributed by atoms with Gasteiger partial charge in [-0.1, -0.05) is 34.1 Å². The van der Waals surface area contributed by atoms with E-state index >= 15 is 0 Å². The van der Waals surface area contributed by atoms with E-state index in [-0.39, 0.29) is 18.2 Å². The lowest BCUT2D eigenvalue weighted by Gasteiger charge is -2.14. The Morgan fingerprint density at radius 2 is 2.00 bits per heavy atom. The van der Waals surface area contributed by atoms with Crippen molar-refractivity contribution in [2.24, 2.45) is 5.10 Å². The molecule has 1 heterocycles. The summed E-state index contributed by atoms with van der Waals surface area (Å²) >= 11 is 8.94. The molecule has 4 rings (SSSR count). The molecule has 3 aromatic carbocycles. The van der Waals surface area contributed by atoms with Gasteiger partial charge in [0.1, 0.15) is 18.0 Å². The van der Waals surface area contributed by atoms with Gasteiger partial charge in [-0.05, 0) is 80.5 Å². The highest BCUT2D eigenvalue weighted by molar-refractivity contribution is 14.1. The Bertz CT molecular complexity index is 1410. The number of carbonyl (C=O) groups is 1. The molecule has 10 heteroatoms. The first-order valence-corrected chi connectivity index (χ1v) is 12.5. The highest BCUT2D eigenvalue weighted by Gasteiger charge is 2.15. The monoisotopic (exact) mass is 700 g/mol. The predicted octanol–water partition coefficient (Wildman–Crippen LogP) is 7.05. The van der Waals surface area contributed by atoms with Crippen LogP contribution in [0.1, 0.15) is 21.7 Å². The molecule has 0 fully saturated rings. The van der Waals surface area contributed by atoms with Crippen molar-refractivity contribution >= 4 is 77.5 Å². The molecule has 0 atom stereocenters. The standard InChI is InChI=1S/C24H16Br2FIN2O4/c1-32-20-7-13(6-19(28)23(20)33-12-14-4-2-3-5-18(14)27)11-29-30-24(31)21-9-15-8-16(25)10-17(26)22(15)34-21/h2-11H,12H2,1H3,(H,30,31)/b29-11-.